The molecule has 0 aromatic heterocycles. The van der Waals surface area contributed by atoms with E-state index < -0.39 is 35.8 Å². The minimum Gasteiger partial charge on any atom is -0.486 e. The van der Waals surface area contributed by atoms with Gasteiger partial charge in [-0.15, -0.1) is 0 Å². The Balaban J connectivity index is 1.56. The zero-order chi connectivity index (χ0) is 21.9. The van der Waals surface area contributed by atoms with Gasteiger partial charge in [0.2, 0.25) is 5.91 Å². The van der Waals surface area contributed by atoms with E-state index in [9.17, 15) is 27.9 Å². The molecule has 0 spiro atoms. The fourth-order valence-electron chi connectivity index (χ4n) is 3.13. The van der Waals surface area contributed by atoms with E-state index in [1.165, 1.54) is 30.3 Å². The number of carbonyl (C=O) groups is 2. The maximum absolute atomic E-state index is 12.8. The molecule has 0 radical (unpaired) electrons. The highest BCUT2D eigenvalue weighted by molar-refractivity contribution is 5.92. The smallest absolute Gasteiger partial charge is 0.416 e. The molecule has 0 unspecified atom stereocenters. The summed E-state index contributed by atoms with van der Waals surface area (Å²) in [7, 11) is 0. The first-order chi connectivity index (χ1) is 14.1. The fraction of sp³-hybridized carbons (Fsp3) is 0.300. The van der Waals surface area contributed by atoms with Crippen molar-refractivity contribution < 1.29 is 37.7 Å². The molecule has 160 valence electrons. The third-order valence-corrected chi connectivity index (χ3v) is 4.52. The number of halogens is 3. The van der Waals surface area contributed by atoms with E-state index in [1.54, 1.807) is 11.0 Å². The van der Waals surface area contributed by atoms with Gasteiger partial charge in [0.05, 0.1) is 17.7 Å². The summed E-state index contributed by atoms with van der Waals surface area (Å²) in [6, 6.07) is 10.1. The van der Waals surface area contributed by atoms with E-state index in [2.05, 4.69) is 5.32 Å². The first kappa shape index (κ1) is 21.6. The Hall–Kier alpha value is -3.11. The molecule has 1 heterocycles. The summed E-state index contributed by atoms with van der Waals surface area (Å²) in [5, 5.41) is 21.6. The van der Waals surface area contributed by atoms with Crippen LogP contribution >= 0.6 is 0 Å². The molecule has 30 heavy (non-hydrogen) atoms. The number of likely N-dealkylation sites (tertiary alicyclic amines) is 1. The highest BCUT2D eigenvalue weighted by atomic mass is 19.4. The second-order valence-electron chi connectivity index (χ2n) is 6.88. The van der Waals surface area contributed by atoms with Crippen molar-refractivity contribution >= 4 is 17.6 Å². The number of aliphatic hydroxyl groups excluding tert-OH is 1. The predicted octanol–water partition coefficient (Wildman–Crippen LogP) is 2.47. The van der Waals surface area contributed by atoms with Gasteiger partial charge in [0.1, 0.15) is 18.0 Å². The van der Waals surface area contributed by atoms with Crippen LogP contribution in [-0.4, -0.2) is 58.8 Å². The first-order valence-corrected chi connectivity index (χ1v) is 8.99. The number of ether oxygens (including phenoxy) is 1. The van der Waals surface area contributed by atoms with E-state index in [4.69, 9.17) is 9.84 Å². The Labute approximate surface area is 169 Å². The van der Waals surface area contributed by atoms with Crippen molar-refractivity contribution in [1.29, 1.82) is 0 Å². The third kappa shape index (κ3) is 5.49. The van der Waals surface area contributed by atoms with Gasteiger partial charge in [-0.05, 0) is 36.4 Å². The molecule has 1 aliphatic heterocycles. The van der Waals surface area contributed by atoms with Gasteiger partial charge in [-0.3, -0.25) is 9.69 Å². The Morgan fingerprint density at radius 3 is 2.57 bits per heavy atom. The van der Waals surface area contributed by atoms with Crippen LogP contribution in [0, 0.1) is 0 Å². The lowest BCUT2D eigenvalue weighted by atomic mass is 10.2. The van der Waals surface area contributed by atoms with Gasteiger partial charge in [-0.1, -0.05) is 12.1 Å². The average molecular weight is 424 g/mol. The highest BCUT2D eigenvalue weighted by Gasteiger charge is 2.34. The Morgan fingerprint density at radius 2 is 1.87 bits per heavy atom. The van der Waals surface area contributed by atoms with Crippen LogP contribution in [0.2, 0.25) is 0 Å². The van der Waals surface area contributed by atoms with E-state index in [0.717, 1.165) is 12.1 Å². The zero-order valence-electron chi connectivity index (χ0n) is 15.6. The number of alkyl halides is 3. The van der Waals surface area contributed by atoms with Crippen molar-refractivity contribution in [2.24, 2.45) is 0 Å². The number of β-amino-alcohol motifs (C(OH)–C–C–N with tert-alkyl or cyclic N) is 1. The van der Waals surface area contributed by atoms with Crippen LogP contribution in [-0.2, 0) is 11.0 Å². The quantitative estimate of drug-likeness (QED) is 0.659. The summed E-state index contributed by atoms with van der Waals surface area (Å²) in [4.78, 5) is 24.8. The second-order valence-corrected chi connectivity index (χ2v) is 6.88. The lowest BCUT2D eigenvalue weighted by Crippen LogP contribution is -2.33. The molecule has 0 aliphatic carbocycles. The van der Waals surface area contributed by atoms with Gasteiger partial charge in [0, 0.05) is 18.8 Å². The van der Waals surface area contributed by atoms with Crippen LogP contribution < -0.4 is 10.1 Å². The maximum Gasteiger partial charge on any atom is 0.416 e. The number of amides is 1. The highest BCUT2D eigenvalue weighted by Crippen LogP contribution is 2.30. The minimum absolute atomic E-state index is 0.0212. The van der Waals surface area contributed by atoms with Gasteiger partial charge >= 0.3 is 12.1 Å². The molecule has 1 amide bonds. The maximum atomic E-state index is 12.8. The van der Waals surface area contributed by atoms with E-state index in [-0.39, 0.29) is 36.6 Å². The third-order valence-electron chi connectivity index (χ3n) is 4.52. The summed E-state index contributed by atoms with van der Waals surface area (Å²) in [6.45, 7) is 0.163. The number of carboxylic acid groups (broad SMARTS) is 1. The number of carbonyl (C=O) groups excluding carboxylic acids is 1. The topological polar surface area (TPSA) is 99.1 Å². The molecule has 1 saturated heterocycles. The van der Waals surface area contributed by atoms with Crippen LogP contribution in [0.1, 0.15) is 15.9 Å². The van der Waals surface area contributed by atoms with Gasteiger partial charge in [-0.2, -0.15) is 13.2 Å². The second kappa shape index (κ2) is 8.72. The van der Waals surface area contributed by atoms with Crippen LogP contribution in [0.15, 0.2) is 48.5 Å². The molecular formula is C20H19F3N2O5. The number of aliphatic hydroxyl groups is 1. The monoisotopic (exact) mass is 424 g/mol. The van der Waals surface area contributed by atoms with E-state index in [0.29, 0.717) is 0 Å². The molecule has 3 rings (SSSR count). The van der Waals surface area contributed by atoms with Crippen molar-refractivity contribution in [3.05, 3.63) is 59.7 Å². The van der Waals surface area contributed by atoms with Crippen molar-refractivity contribution in [2.45, 2.75) is 18.4 Å². The normalized spacial score (nSPS) is 19.5. The molecule has 7 nitrogen and oxygen atoms in total. The van der Waals surface area contributed by atoms with Crippen LogP contribution in [0.3, 0.4) is 0 Å². The molecule has 1 fully saturated rings. The Kier molecular flexibility index (Phi) is 6.28. The SMILES string of the molecule is O=C(CN1C[C@@H](O)[C@H](Oc2cccc(C(=O)O)c2)C1)Nc1cccc(C(F)(F)F)c1. The number of nitrogens with zero attached hydrogens (tertiary/aromatic N) is 1. The fourth-order valence-corrected chi connectivity index (χ4v) is 3.13. The van der Waals surface area contributed by atoms with Crippen LogP contribution in [0.25, 0.3) is 0 Å². The Bertz CT molecular complexity index is 935. The summed E-state index contributed by atoms with van der Waals surface area (Å²) >= 11 is 0. The van der Waals surface area contributed by atoms with Gasteiger partial charge in [0.25, 0.3) is 0 Å². The molecule has 2 aromatic rings. The van der Waals surface area contributed by atoms with Crippen LogP contribution in [0.5, 0.6) is 5.75 Å². The summed E-state index contributed by atoms with van der Waals surface area (Å²) in [5.74, 6) is -1.37. The van der Waals surface area contributed by atoms with Gasteiger partial charge in [0.15, 0.2) is 0 Å². The van der Waals surface area contributed by atoms with Crippen LogP contribution in [0.4, 0.5) is 18.9 Å². The number of rotatable bonds is 6. The van der Waals surface area contributed by atoms with Crippen molar-refractivity contribution in [2.75, 3.05) is 25.0 Å². The minimum atomic E-state index is -4.51. The van der Waals surface area contributed by atoms with E-state index >= 15 is 0 Å². The Morgan fingerprint density at radius 1 is 1.13 bits per heavy atom. The predicted molar refractivity (Wildman–Crippen MR) is 100 cm³/mol. The summed E-state index contributed by atoms with van der Waals surface area (Å²) in [6.07, 6.45) is -6.11. The molecule has 0 saturated carbocycles. The number of hydrogen-bond donors (Lipinski definition) is 3. The molecular weight excluding hydrogens is 405 g/mol. The standard InChI is InChI=1S/C20H19F3N2O5/c21-20(22,23)13-4-2-5-14(8-13)24-18(27)11-25-9-16(26)17(10-25)30-15-6-1-3-12(7-15)19(28)29/h1-8,16-17,26H,9-11H2,(H,24,27)(H,28,29)/t16-,17-/m1/s1. The lowest BCUT2D eigenvalue weighted by molar-refractivity contribution is -0.137. The average Bonchev–Trinajstić information content (AvgIpc) is 3.00. The molecule has 1 aliphatic rings. The van der Waals surface area contributed by atoms with Gasteiger partial charge in [-0.25, -0.2) is 4.79 Å². The first-order valence-electron chi connectivity index (χ1n) is 8.99. The number of benzene rings is 2. The lowest BCUT2D eigenvalue weighted by Gasteiger charge is -2.17. The number of nitrogens with one attached hydrogen (secondary N) is 1. The number of anilines is 1. The van der Waals surface area contributed by atoms with Crippen molar-refractivity contribution in [1.82, 2.24) is 4.90 Å². The van der Waals surface area contributed by atoms with Gasteiger partial charge < -0.3 is 20.3 Å². The summed E-state index contributed by atoms with van der Waals surface area (Å²) < 4.78 is 44.0. The molecule has 2 aromatic carbocycles. The molecule has 10 heteroatoms. The largest absolute Gasteiger partial charge is 0.486 e. The number of hydrogen-bond acceptors (Lipinski definition) is 5. The summed E-state index contributed by atoms with van der Waals surface area (Å²) in [5.41, 5.74) is -0.806. The zero-order valence-corrected chi connectivity index (χ0v) is 15.6. The van der Waals surface area contributed by atoms with E-state index in [1.807, 2.05) is 0 Å². The van der Waals surface area contributed by atoms with Crippen molar-refractivity contribution in [3.63, 3.8) is 0 Å². The molecule has 0 bridgehead atoms. The number of carboxylic acids is 1. The molecule has 3 N–H and O–H groups in total. The molecule has 2 atom stereocenters. The number of aromatic carboxylic acids is 1. The van der Waals surface area contributed by atoms with Crippen molar-refractivity contribution in [3.8, 4) is 5.75 Å².